The lowest BCUT2D eigenvalue weighted by atomic mass is 9.96. The van der Waals surface area contributed by atoms with Gasteiger partial charge in [-0.15, -0.1) is 0 Å². The molecule has 0 saturated heterocycles. The van der Waals surface area contributed by atoms with Gasteiger partial charge in [-0.25, -0.2) is 4.39 Å². The maximum atomic E-state index is 13.4. The van der Waals surface area contributed by atoms with E-state index in [1.807, 2.05) is 19.9 Å². The summed E-state index contributed by atoms with van der Waals surface area (Å²) in [6.45, 7) is 3.73. The summed E-state index contributed by atoms with van der Waals surface area (Å²) in [6.07, 6.45) is 3.15. The van der Waals surface area contributed by atoms with Crippen LogP contribution in [-0.4, -0.2) is 20.1 Å². The molecule has 0 atom stereocenters. The van der Waals surface area contributed by atoms with Crippen LogP contribution in [0, 0.1) is 12.7 Å². The minimum Gasteiger partial charge on any atom is -0.496 e. The van der Waals surface area contributed by atoms with Gasteiger partial charge in [0.25, 0.3) is 0 Å². The Labute approximate surface area is 201 Å². The Balaban J connectivity index is 1.72. The van der Waals surface area contributed by atoms with Gasteiger partial charge in [-0.2, -0.15) is 0 Å². The molecule has 0 unspecified atom stereocenters. The summed E-state index contributed by atoms with van der Waals surface area (Å²) in [7, 11) is 3.10. The molecular formula is C27H23ClFNO4. The van der Waals surface area contributed by atoms with Crippen LogP contribution < -0.4 is 14.8 Å². The van der Waals surface area contributed by atoms with Gasteiger partial charge < -0.3 is 19.2 Å². The average Bonchev–Trinajstić information content (AvgIpc) is 3.24. The normalized spacial score (nSPS) is 11.5. The number of hydrogen-bond acceptors (Lipinski definition) is 4. The average molecular weight is 480 g/mol. The molecule has 0 aliphatic rings. The minimum absolute atomic E-state index is 0.307. The predicted molar refractivity (Wildman–Crippen MR) is 133 cm³/mol. The maximum absolute atomic E-state index is 13.4. The molecule has 1 heterocycles. The molecule has 1 N–H and O–H groups in total. The fourth-order valence-electron chi connectivity index (χ4n) is 3.92. The number of aryl methyl sites for hydroxylation is 1. The molecule has 3 aromatic carbocycles. The molecule has 5 nitrogen and oxygen atoms in total. The molecule has 0 spiro atoms. The lowest BCUT2D eigenvalue weighted by Gasteiger charge is -2.13. The van der Waals surface area contributed by atoms with Crippen LogP contribution in [0.2, 0.25) is 5.02 Å². The Morgan fingerprint density at radius 1 is 1.09 bits per heavy atom. The van der Waals surface area contributed by atoms with E-state index in [0.29, 0.717) is 33.4 Å². The van der Waals surface area contributed by atoms with Crippen LogP contribution >= 0.6 is 11.6 Å². The summed E-state index contributed by atoms with van der Waals surface area (Å²) in [6, 6.07) is 13.2. The first kappa shape index (κ1) is 23.4. The van der Waals surface area contributed by atoms with Crippen molar-refractivity contribution in [2.75, 3.05) is 19.5 Å². The van der Waals surface area contributed by atoms with Gasteiger partial charge in [-0.1, -0.05) is 23.7 Å². The summed E-state index contributed by atoms with van der Waals surface area (Å²) >= 11 is 6.15. The first-order valence-electron chi connectivity index (χ1n) is 10.5. The summed E-state index contributed by atoms with van der Waals surface area (Å²) in [5.74, 6) is 0.515. The van der Waals surface area contributed by atoms with Gasteiger partial charge in [-0.05, 0) is 61.4 Å². The number of amides is 1. The number of rotatable bonds is 6. The van der Waals surface area contributed by atoms with Crippen LogP contribution in [0.15, 0.2) is 65.3 Å². The Hall–Kier alpha value is -3.77. The number of fused-ring (bicyclic) bond motifs is 1. The van der Waals surface area contributed by atoms with Crippen molar-refractivity contribution in [1.82, 2.24) is 0 Å². The second kappa shape index (κ2) is 9.61. The van der Waals surface area contributed by atoms with E-state index < -0.39 is 0 Å². The van der Waals surface area contributed by atoms with E-state index in [1.165, 1.54) is 25.3 Å². The highest BCUT2D eigenvalue weighted by atomic mass is 35.5. The summed E-state index contributed by atoms with van der Waals surface area (Å²) in [4.78, 5) is 12.7. The fourth-order valence-corrected chi connectivity index (χ4v) is 4.18. The minimum atomic E-state index is -0.315. The van der Waals surface area contributed by atoms with Crippen LogP contribution in [0.5, 0.6) is 11.5 Å². The lowest BCUT2D eigenvalue weighted by Crippen LogP contribution is -2.09. The molecule has 1 amide bonds. The number of ether oxygens (including phenoxy) is 2. The number of anilines is 1. The van der Waals surface area contributed by atoms with Crippen molar-refractivity contribution in [2.24, 2.45) is 0 Å². The highest BCUT2D eigenvalue weighted by Gasteiger charge is 2.19. The van der Waals surface area contributed by atoms with Crippen molar-refractivity contribution >= 4 is 39.7 Å². The van der Waals surface area contributed by atoms with E-state index in [0.717, 1.165) is 27.6 Å². The maximum Gasteiger partial charge on any atom is 0.248 e. The van der Waals surface area contributed by atoms with Crippen LogP contribution in [0.4, 0.5) is 10.1 Å². The summed E-state index contributed by atoms with van der Waals surface area (Å²) < 4.78 is 30.1. The molecule has 34 heavy (non-hydrogen) atoms. The van der Waals surface area contributed by atoms with Crippen LogP contribution in [0.1, 0.15) is 18.1 Å². The number of benzene rings is 3. The molecule has 1 aromatic heterocycles. The number of methoxy groups -OCH3 is 2. The first-order chi connectivity index (χ1) is 16.3. The molecule has 174 valence electrons. The van der Waals surface area contributed by atoms with E-state index in [9.17, 15) is 9.18 Å². The molecular weight excluding hydrogens is 457 g/mol. The summed E-state index contributed by atoms with van der Waals surface area (Å²) in [5, 5.41) is 4.05. The van der Waals surface area contributed by atoms with Gasteiger partial charge in [-0.3, -0.25) is 4.79 Å². The van der Waals surface area contributed by atoms with Crippen LogP contribution in [0.25, 0.3) is 27.7 Å². The molecule has 4 aromatic rings. The van der Waals surface area contributed by atoms with Crippen molar-refractivity contribution in [1.29, 1.82) is 0 Å². The highest BCUT2D eigenvalue weighted by molar-refractivity contribution is 6.32. The van der Waals surface area contributed by atoms with Gasteiger partial charge in [0.2, 0.25) is 5.91 Å². The predicted octanol–water partition coefficient (Wildman–Crippen LogP) is 7.26. The lowest BCUT2D eigenvalue weighted by molar-refractivity contribution is -0.111. The Kier molecular flexibility index (Phi) is 6.61. The zero-order valence-corrected chi connectivity index (χ0v) is 19.9. The molecule has 0 aliphatic carbocycles. The van der Waals surface area contributed by atoms with Gasteiger partial charge in [0.15, 0.2) is 0 Å². The second-order valence-electron chi connectivity index (χ2n) is 7.78. The van der Waals surface area contributed by atoms with Crippen molar-refractivity contribution < 1.29 is 23.1 Å². The largest absolute Gasteiger partial charge is 0.496 e. The Morgan fingerprint density at radius 3 is 2.47 bits per heavy atom. The van der Waals surface area contributed by atoms with Gasteiger partial charge in [0, 0.05) is 33.8 Å². The van der Waals surface area contributed by atoms with Gasteiger partial charge in [0.05, 0.1) is 25.5 Å². The summed E-state index contributed by atoms with van der Waals surface area (Å²) in [5.41, 5.74) is 5.12. The molecule has 0 saturated carbocycles. The van der Waals surface area contributed by atoms with Crippen LogP contribution in [0.3, 0.4) is 0 Å². The highest BCUT2D eigenvalue weighted by Crippen LogP contribution is 2.40. The number of halogens is 2. The van der Waals surface area contributed by atoms with Crippen molar-refractivity contribution in [3.05, 3.63) is 82.8 Å². The SMILES string of the molecule is COc1ccc(NC(=O)/C=C(\C)c2cc3c(-c4ccc(F)cc4)coc3c(C)c2OC)cc1Cl. The first-order valence-corrected chi connectivity index (χ1v) is 10.9. The Bertz CT molecular complexity index is 1410. The molecule has 0 bridgehead atoms. The molecule has 7 heteroatoms. The van der Waals surface area contributed by atoms with Gasteiger partial charge >= 0.3 is 0 Å². The third-order valence-electron chi connectivity index (χ3n) is 5.60. The third kappa shape index (κ3) is 4.50. The second-order valence-corrected chi connectivity index (χ2v) is 8.19. The number of carbonyl (C=O) groups is 1. The number of allylic oxidation sites excluding steroid dienone is 1. The van der Waals surface area contributed by atoms with Crippen LogP contribution in [-0.2, 0) is 4.79 Å². The van der Waals surface area contributed by atoms with E-state index in [4.69, 9.17) is 25.5 Å². The smallest absolute Gasteiger partial charge is 0.248 e. The fraction of sp³-hybridized carbons (Fsp3) is 0.148. The Morgan fingerprint density at radius 2 is 1.82 bits per heavy atom. The molecule has 0 radical (unpaired) electrons. The molecule has 4 rings (SSSR count). The number of furan rings is 1. The van der Waals surface area contributed by atoms with Crippen molar-refractivity contribution in [2.45, 2.75) is 13.8 Å². The van der Waals surface area contributed by atoms with Gasteiger partial charge in [0.1, 0.15) is 22.9 Å². The standard InChI is InChI=1S/C27H23ClFNO4/c1-15(11-25(31)30-19-9-10-24(32-3)23(28)12-19)20-13-21-22(17-5-7-18(29)8-6-17)14-34-27(21)16(2)26(20)33-4/h5-14H,1-4H3,(H,30,31)/b15-11+. The molecule has 0 fully saturated rings. The zero-order valence-electron chi connectivity index (χ0n) is 19.2. The van der Waals surface area contributed by atoms with E-state index in [1.54, 1.807) is 43.7 Å². The topological polar surface area (TPSA) is 60.7 Å². The number of hydrogen-bond donors (Lipinski definition) is 1. The van der Waals surface area contributed by atoms with E-state index >= 15 is 0 Å². The number of carbonyl (C=O) groups excluding carboxylic acids is 1. The third-order valence-corrected chi connectivity index (χ3v) is 5.89. The van der Waals surface area contributed by atoms with E-state index in [2.05, 4.69) is 5.32 Å². The zero-order chi connectivity index (χ0) is 24.4. The van der Waals surface area contributed by atoms with Crippen molar-refractivity contribution in [3.8, 4) is 22.6 Å². The monoisotopic (exact) mass is 479 g/mol. The molecule has 0 aliphatic heterocycles. The van der Waals surface area contributed by atoms with Crippen molar-refractivity contribution in [3.63, 3.8) is 0 Å². The quantitative estimate of drug-likeness (QED) is 0.296. The van der Waals surface area contributed by atoms with E-state index in [-0.39, 0.29) is 11.7 Å². The number of nitrogens with one attached hydrogen (secondary N) is 1.